The molecule has 0 aliphatic rings. The molecule has 0 aliphatic carbocycles. The van der Waals surface area contributed by atoms with Crippen molar-refractivity contribution in [2.45, 2.75) is 6.92 Å². The number of anilines is 1. The molecule has 0 unspecified atom stereocenters. The number of para-hydroxylation sites is 1. The molecule has 1 N–H and O–H groups in total. The van der Waals surface area contributed by atoms with Crippen LogP contribution >= 0.6 is 0 Å². The summed E-state index contributed by atoms with van der Waals surface area (Å²) in [5.74, 6) is 0. The summed E-state index contributed by atoms with van der Waals surface area (Å²) in [5.41, 5.74) is 6.14. The van der Waals surface area contributed by atoms with E-state index in [0.29, 0.717) is 0 Å². The molecule has 0 amide bonds. The zero-order valence-electron chi connectivity index (χ0n) is 9.22. The number of rotatable bonds is 3. The van der Waals surface area contributed by atoms with Crippen LogP contribution in [0, 0.1) is 0 Å². The van der Waals surface area contributed by atoms with E-state index < -0.39 is 0 Å². The molecule has 0 atom stereocenters. The maximum Gasteiger partial charge on any atom is 0.0648 e. The second-order valence-electron chi connectivity index (χ2n) is 3.54. The molecule has 0 aliphatic heterocycles. The van der Waals surface area contributed by atoms with Crippen LogP contribution in [-0.4, -0.2) is 5.71 Å². The Morgan fingerprint density at radius 1 is 0.875 bits per heavy atom. The van der Waals surface area contributed by atoms with E-state index >= 15 is 0 Å². The van der Waals surface area contributed by atoms with Crippen molar-refractivity contribution in [3.8, 4) is 0 Å². The van der Waals surface area contributed by atoms with Gasteiger partial charge in [-0.1, -0.05) is 48.5 Å². The molecule has 0 aromatic heterocycles. The SMILES string of the molecule is CC(=NNc1ccccc1)c1ccccc1. The van der Waals surface area contributed by atoms with Crippen molar-refractivity contribution in [3.05, 3.63) is 66.2 Å². The van der Waals surface area contributed by atoms with Gasteiger partial charge in [0.15, 0.2) is 0 Å². The third kappa shape index (κ3) is 2.70. The van der Waals surface area contributed by atoms with Gasteiger partial charge in [0.1, 0.15) is 0 Å². The summed E-state index contributed by atoms with van der Waals surface area (Å²) >= 11 is 0. The molecule has 0 fully saturated rings. The quantitative estimate of drug-likeness (QED) is 0.608. The lowest BCUT2D eigenvalue weighted by Crippen LogP contribution is -1.98. The highest BCUT2D eigenvalue weighted by Crippen LogP contribution is 2.06. The molecule has 2 rings (SSSR count). The summed E-state index contributed by atoms with van der Waals surface area (Å²) in [6, 6.07) is 20.0. The Morgan fingerprint density at radius 2 is 1.44 bits per heavy atom. The topological polar surface area (TPSA) is 24.4 Å². The van der Waals surface area contributed by atoms with E-state index in [0.717, 1.165) is 17.0 Å². The summed E-state index contributed by atoms with van der Waals surface area (Å²) in [4.78, 5) is 0. The van der Waals surface area contributed by atoms with E-state index in [4.69, 9.17) is 0 Å². The van der Waals surface area contributed by atoms with Crippen molar-refractivity contribution in [2.24, 2.45) is 5.10 Å². The van der Waals surface area contributed by atoms with E-state index in [1.54, 1.807) is 0 Å². The summed E-state index contributed by atoms with van der Waals surface area (Å²) in [6.07, 6.45) is 0. The first-order valence-corrected chi connectivity index (χ1v) is 5.27. The Balaban J connectivity index is 2.09. The highest BCUT2D eigenvalue weighted by Gasteiger charge is 1.94. The second-order valence-corrected chi connectivity index (χ2v) is 3.54. The van der Waals surface area contributed by atoms with Gasteiger partial charge in [-0.25, -0.2) is 0 Å². The smallest absolute Gasteiger partial charge is 0.0648 e. The van der Waals surface area contributed by atoms with Crippen molar-refractivity contribution in [2.75, 3.05) is 5.43 Å². The Bertz CT molecular complexity index is 461. The van der Waals surface area contributed by atoms with Crippen LogP contribution in [0.3, 0.4) is 0 Å². The molecule has 0 saturated heterocycles. The van der Waals surface area contributed by atoms with Crippen LogP contribution in [0.15, 0.2) is 65.8 Å². The maximum atomic E-state index is 4.33. The molecule has 2 aromatic rings. The lowest BCUT2D eigenvalue weighted by molar-refractivity contribution is 1.32. The molecule has 80 valence electrons. The third-order valence-electron chi connectivity index (χ3n) is 2.32. The van der Waals surface area contributed by atoms with Gasteiger partial charge >= 0.3 is 0 Å². The van der Waals surface area contributed by atoms with Crippen molar-refractivity contribution >= 4 is 11.4 Å². The minimum atomic E-state index is 0.976. The number of hydrogen-bond acceptors (Lipinski definition) is 2. The molecule has 16 heavy (non-hydrogen) atoms. The van der Waals surface area contributed by atoms with Gasteiger partial charge in [-0.05, 0) is 24.6 Å². The number of nitrogens with one attached hydrogen (secondary N) is 1. The Morgan fingerprint density at radius 3 is 2.06 bits per heavy atom. The van der Waals surface area contributed by atoms with Crippen molar-refractivity contribution in [1.29, 1.82) is 0 Å². The fraction of sp³-hybridized carbons (Fsp3) is 0.0714. The largest absolute Gasteiger partial charge is 0.278 e. The fourth-order valence-corrected chi connectivity index (χ4v) is 1.40. The predicted octanol–water partition coefficient (Wildman–Crippen LogP) is 3.52. The number of benzene rings is 2. The Hall–Kier alpha value is -2.09. The lowest BCUT2D eigenvalue weighted by Gasteiger charge is -2.02. The Kier molecular flexibility index (Phi) is 3.34. The minimum absolute atomic E-state index is 0.976. The molecule has 0 spiro atoms. The zero-order valence-corrected chi connectivity index (χ0v) is 9.22. The second kappa shape index (κ2) is 5.12. The molecule has 0 bridgehead atoms. The normalized spacial score (nSPS) is 11.2. The number of hydrazone groups is 1. The standard InChI is InChI=1S/C14H14N2/c1-12(13-8-4-2-5-9-13)15-16-14-10-6-3-7-11-14/h2-11,16H,1H3. The number of hydrogen-bond donors (Lipinski definition) is 1. The first-order valence-electron chi connectivity index (χ1n) is 5.27. The van der Waals surface area contributed by atoms with Crippen LogP contribution in [0.1, 0.15) is 12.5 Å². The van der Waals surface area contributed by atoms with Gasteiger partial charge in [0.2, 0.25) is 0 Å². The minimum Gasteiger partial charge on any atom is -0.278 e. The average Bonchev–Trinajstić information content (AvgIpc) is 2.38. The first-order chi connectivity index (χ1) is 7.86. The van der Waals surface area contributed by atoms with Crippen LogP contribution in [0.4, 0.5) is 5.69 Å². The molecule has 2 nitrogen and oxygen atoms in total. The van der Waals surface area contributed by atoms with Gasteiger partial charge in [0.25, 0.3) is 0 Å². The summed E-state index contributed by atoms with van der Waals surface area (Å²) < 4.78 is 0. The van der Waals surface area contributed by atoms with Crippen molar-refractivity contribution in [1.82, 2.24) is 0 Å². The molecule has 0 radical (unpaired) electrons. The van der Waals surface area contributed by atoms with Gasteiger partial charge in [0, 0.05) is 0 Å². The van der Waals surface area contributed by atoms with Crippen LogP contribution < -0.4 is 5.43 Å². The highest BCUT2D eigenvalue weighted by molar-refractivity contribution is 5.98. The van der Waals surface area contributed by atoms with Gasteiger partial charge in [-0.2, -0.15) is 5.10 Å². The van der Waals surface area contributed by atoms with E-state index in [-0.39, 0.29) is 0 Å². The van der Waals surface area contributed by atoms with Crippen molar-refractivity contribution in [3.63, 3.8) is 0 Å². The summed E-state index contributed by atoms with van der Waals surface area (Å²) in [5, 5.41) is 4.33. The molecule has 0 heterocycles. The molecular formula is C14H14N2. The summed E-state index contributed by atoms with van der Waals surface area (Å²) in [7, 11) is 0. The van der Waals surface area contributed by atoms with Crippen molar-refractivity contribution < 1.29 is 0 Å². The lowest BCUT2D eigenvalue weighted by atomic mass is 10.1. The molecular weight excluding hydrogens is 196 g/mol. The molecule has 2 heteroatoms. The summed E-state index contributed by atoms with van der Waals surface area (Å²) in [6.45, 7) is 1.99. The number of nitrogens with zero attached hydrogens (tertiary/aromatic N) is 1. The van der Waals surface area contributed by atoms with Crippen LogP contribution in [0.25, 0.3) is 0 Å². The maximum absolute atomic E-state index is 4.33. The molecule has 0 saturated carbocycles. The monoisotopic (exact) mass is 210 g/mol. The van der Waals surface area contributed by atoms with E-state index in [1.165, 1.54) is 0 Å². The fourth-order valence-electron chi connectivity index (χ4n) is 1.40. The third-order valence-corrected chi connectivity index (χ3v) is 2.32. The van der Waals surface area contributed by atoms with Gasteiger partial charge in [-0.15, -0.1) is 0 Å². The predicted molar refractivity (Wildman–Crippen MR) is 68.7 cm³/mol. The van der Waals surface area contributed by atoms with E-state index in [9.17, 15) is 0 Å². The van der Waals surface area contributed by atoms with E-state index in [1.807, 2.05) is 67.6 Å². The van der Waals surface area contributed by atoms with Gasteiger partial charge < -0.3 is 0 Å². The molecule has 2 aromatic carbocycles. The average molecular weight is 210 g/mol. The highest BCUT2D eigenvalue weighted by atomic mass is 15.3. The first kappa shape index (κ1) is 10.4. The van der Waals surface area contributed by atoms with Crippen LogP contribution in [0.5, 0.6) is 0 Å². The van der Waals surface area contributed by atoms with Gasteiger partial charge in [0.05, 0.1) is 11.4 Å². The van der Waals surface area contributed by atoms with Gasteiger partial charge in [-0.3, -0.25) is 5.43 Å². The zero-order chi connectivity index (χ0) is 11.2. The van der Waals surface area contributed by atoms with Crippen LogP contribution in [-0.2, 0) is 0 Å². The van der Waals surface area contributed by atoms with Crippen LogP contribution in [0.2, 0.25) is 0 Å². The van der Waals surface area contributed by atoms with E-state index in [2.05, 4.69) is 10.5 Å². The Labute approximate surface area is 95.6 Å².